The molecule has 0 fully saturated rings. The fourth-order valence-corrected chi connectivity index (χ4v) is 5.71. The minimum Gasteiger partial charge on any atom is -0.354 e. The van der Waals surface area contributed by atoms with Crippen LogP contribution in [0.1, 0.15) is 37.0 Å². The number of sulfonamides is 1. The predicted octanol–water partition coefficient (Wildman–Crippen LogP) is 5.10. The van der Waals surface area contributed by atoms with Crippen LogP contribution < -0.4 is 9.62 Å². The van der Waals surface area contributed by atoms with Crippen LogP contribution in [0.25, 0.3) is 0 Å². The number of rotatable bonds is 11. The number of halogens is 1. The van der Waals surface area contributed by atoms with Crippen LogP contribution in [0.2, 0.25) is 5.02 Å². The van der Waals surface area contributed by atoms with E-state index in [1.165, 1.54) is 17.0 Å². The third kappa shape index (κ3) is 7.14. The highest BCUT2D eigenvalue weighted by Gasteiger charge is 2.33. The molecule has 0 aromatic heterocycles. The Bertz CT molecular complexity index is 1360. The summed E-state index contributed by atoms with van der Waals surface area (Å²) in [5.41, 5.74) is 2.68. The highest BCUT2D eigenvalue weighted by atomic mass is 35.5. The lowest BCUT2D eigenvalue weighted by Crippen LogP contribution is -2.51. The largest absolute Gasteiger partial charge is 0.354 e. The van der Waals surface area contributed by atoms with E-state index >= 15 is 0 Å². The molecule has 2 amide bonds. The minimum atomic E-state index is -4.13. The van der Waals surface area contributed by atoms with Crippen molar-refractivity contribution in [1.29, 1.82) is 0 Å². The molecule has 7 nitrogen and oxygen atoms in total. The molecule has 0 bridgehead atoms. The second kappa shape index (κ2) is 12.9. The molecule has 0 spiro atoms. The molecule has 3 rings (SSSR count). The molecule has 0 saturated heterocycles. The molecule has 1 atom stereocenters. The van der Waals surface area contributed by atoms with Gasteiger partial charge in [-0.2, -0.15) is 0 Å². The summed E-state index contributed by atoms with van der Waals surface area (Å²) in [6.07, 6.45) is 0.753. The Balaban J connectivity index is 2.04. The highest BCUT2D eigenvalue weighted by molar-refractivity contribution is 7.92. The molecule has 0 radical (unpaired) electrons. The molecule has 202 valence electrons. The van der Waals surface area contributed by atoms with Crippen LogP contribution in [0, 0.1) is 13.8 Å². The number of hydrogen-bond donors (Lipinski definition) is 1. The second-order valence-corrected chi connectivity index (χ2v) is 11.5. The zero-order valence-electron chi connectivity index (χ0n) is 22.1. The molecule has 38 heavy (non-hydrogen) atoms. The molecule has 3 aromatic carbocycles. The van der Waals surface area contributed by atoms with E-state index < -0.39 is 28.5 Å². The van der Waals surface area contributed by atoms with E-state index in [1.54, 1.807) is 44.2 Å². The molecular weight excluding hydrogens is 522 g/mol. The van der Waals surface area contributed by atoms with Crippen molar-refractivity contribution in [2.24, 2.45) is 0 Å². The van der Waals surface area contributed by atoms with Crippen molar-refractivity contribution in [2.75, 3.05) is 17.4 Å². The van der Waals surface area contributed by atoms with Gasteiger partial charge in [0.2, 0.25) is 11.8 Å². The topological polar surface area (TPSA) is 86.8 Å². The van der Waals surface area contributed by atoms with Crippen molar-refractivity contribution in [1.82, 2.24) is 10.2 Å². The van der Waals surface area contributed by atoms with Crippen molar-refractivity contribution in [3.63, 3.8) is 0 Å². The Morgan fingerprint density at radius 3 is 2.24 bits per heavy atom. The van der Waals surface area contributed by atoms with Crippen LogP contribution in [0.5, 0.6) is 0 Å². The molecule has 0 aliphatic carbocycles. The first-order valence-electron chi connectivity index (χ1n) is 12.5. The molecule has 9 heteroatoms. The lowest BCUT2D eigenvalue weighted by atomic mass is 10.1. The number of aryl methyl sites for hydroxylation is 2. The third-order valence-corrected chi connectivity index (χ3v) is 8.24. The van der Waals surface area contributed by atoms with E-state index in [1.807, 2.05) is 44.2 Å². The summed E-state index contributed by atoms with van der Waals surface area (Å²) in [4.78, 5) is 28.2. The first-order chi connectivity index (χ1) is 18.0. The Morgan fingerprint density at radius 2 is 1.63 bits per heavy atom. The minimum absolute atomic E-state index is 0.0635. The van der Waals surface area contributed by atoms with E-state index in [2.05, 4.69) is 5.32 Å². The lowest BCUT2D eigenvalue weighted by Gasteiger charge is -2.32. The average molecular weight is 556 g/mol. The SMILES string of the molecule is CCCNC(=O)C(C)N(Cc1ccccc1)C(=O)CN(c1ccc(Cl)cc1C)S(=O)(=O)c1ccc(C)cc1. The summed E-state index contributed by atoms with van der Waals surface area (Å²) >= 11 is 6.15. The number of anilines is 1. The van der Waals surface area contributed by atoms with Gasteiger partial charge >= 0.3 is 0 Å². The van der Waals surface area contributed by atoms with Gasteiger partial charge in [0.25, 0.3) is 10.0 Å². The van der Waals surface area contributed by atoms with Crippen LogP contribution in [0.3, 0.4) is 0 Å². The molecule has 0 heterocycles. The molecule has 0 aliphatic heterocycles. The first kappa shape index (κ1) is 29.2. The van der Waals surface area contributed by atoms with Gasteiger partial charge in [0, 0.05) is 18.1 Å². The van der Waals surface area contributed by atoms with E-state index in [-0.39, 0.29) is 17.3 Å². The molecule has 0 saturated carbocycles. The zero-order valence-corrected chi connectivity index (χ0v) is 23.7. The Labute approximate surface area is 230 Å². The molecule has 1 unspecified atom stereocenters. The van der Waals surface area contributed by atoms with E-state index in [0.29, 0.717) is 22.8 Å². The van der Waals surface area contributed by atoms with Crippen molar-refractivity contribution >= 4 is 39.1 Å². The van der Waals surface area contributed by atoms with Crippen molar-refractivity contribution in [3.8, 4) is 0 Å². The normalized spacial score (nSPS) is 12.0. The zero-order chi connectivity index (χ0) is 27.9. The van der Waals surface area contributed by atoms with E-state index in [0.717, 1.165) is 21.9 Å². The number of amides is 2. The summed E-state index contributed by atoms with van der Waals surface area (Å²) in [6.45, 7) is 7.35. The number of nitrogens with zero attached hydrogens (tertiary/aromatic N) is 2. The van der Waals surface area contributed by atoms with Crippen LogP contribution in [-0.4, -0.2) is 44.3 Å². The third-order valence-electron chi connectivity index (χ3n) is 6.23. The Morgan fingerprint density at radius 1 is 0.974 bits per heavy atom. The average Bonchev–Trinajstić information content (AvgIpc) is 2.89. The van der Waals surface area contributed by atoms with E-state index in [4.69, 9.17) is 11.6 Å². The maximum Gasteiger partial charge on any atom is 0.264 e. The highest BCUT2D eigenvalue weighted by Crippen LogP contribution is 2.29. The van der Waals surface area contributed by atoms with Gasteiger partial charge in [-0.15, -0.1) is 0 Å². The maximum absolute atomic E-state index is 13.9. The van der Waals surface area contributed by atoms with Crippen molar-refractivity contribution in [2.45, 2.75) is 51.6 Å². The summed E-state index contributed by atoms with van der Waals surface area (Å²) in [6, 6.07) is 19.8. The van der Waals surface area contributed by atoms with E-state index in [9.17, 15) is 18.0 Å². The molecule has 3 aromatic rings. The fourth-order valence-electron chi connectivity index (χ4n) is 4.01. The number of benzene rings is 3. The number of nitrogens with one attached hydrogen (secondary N) is 1. The van der Waals surface area contributed by atoms with Crippen LogP contribution in [0.15, 0.2) is 77.7 Å². The fraction of sp³-hybridized carbons (Fsp3) is 0.310. The monoisotopic (exact) mass is 555 g/mol. The smallest absolute Gasteiger partial charge is 0.264 e. The lowest BCUT2D eigenvalue weighted by molar-refractivity contribution is -0.139. The number of carbonyl (C=O) groups is 2. The Kier molecular flexibility index (Phi) is 9.94. The summed E-state index contributed by atoms with van der Waals surface area (Å²) < 4.78 is 28.9. The van der Waals surface area contributed by atoms with Crippen LogP contribution in [0.4, 0.5) is 5.69 Å². The quantitative estimate of drug-likeness (QED) is 0.357. The van der Waals surface area contributed by atoms with Gasteiger partial charge in [0.05, 0.1) is 10.6 Å². The van der Waals surface area contributed by atoms with Gasteiger partial charge in [0.15, 0.2) is 0 Å². The molecule has 1 N–H and O–H groups in total. The van der Waals surface area contributed by atoms with Gasteiger partial charge < -0.3 is 10.2 Å². The summed E-state index contributed by atoms with van der Waals surface area (Å²) in [7, 11) is -4.13. The molecule has 0 aliphatic rings. The summed E-state index contributed by atoms with van der Waals surface area (Å²) in [5.74, 6) is -0.801. The second-order valence-electron chi connectivity index (χ2n) is 9.23. The first-order valence-corrected chi connectivity index (χ1v) is 14.3. The summed E-state index contributed by atoms with van der Waals surface area (Å²) in [5, 5.41) is 3.29. The van der Waals surface area contributed by atoms with Gasteiger partial charge in [-0.1, -0.05) is 66.6 Å². The number of hydrogen-bond acceptors (Lipinski definition) is 4. The molecular formula is C29H34ClN3O4S. The van der Waals surface area contributed by atoms with Crippen molar-refractivity contribution in [3.05, 3.63) is 94.5 Å². The van der Waals surface area contributed by atoms with Gasteiger partial charge in [0.1, 0.15) is 12.6 Å². The van der Waals surface area contributed by atoms with Gasteiger partial charge in [-0.25, -0.2) is 8.42 Å². The van der Waals surface area contributed by atoms with Gasteiger partial charge in [-0.05, 0) is 68.7 Å². The van der Waals surface area contributed by atoms with Crippen LogP contribution in [-0.2, 0) is 26.2 Å². The predicted molar refractivity (Wildman–Crippen MR) is 152 cm³/mol. The van der Waals surface area contributed by atoms with Crippen LogP contribution >= 0.6 is 11.6 Å². The van der Waals surface area contributed by atoms with Crippen molar-refractivity contribution < 1.29 is 18.0 Å². The Hall–Kier alpha value is -3.36. The maximum atomic E-state index is 13.9. The standard InChI is InChI=1S/C29H34ClN3O4S/c1-5-17-31-29(35)23(4)32(19-24-9-7-6-8-10-24)28(34)20-33(27-16-13-25(30)18-22(27)3)38(36,37)26-14-11-21(2)12-15-26/h6-16,18,23H,5,17,19-20H2,1-4H3,(H,31,35). The van der Waals surface area contributed by atoms with Gasteiger partial charge in [-0.3, -0.25) is 13.9 Å². The number of carbonyl (C=O) groups excluding carboxylic acids is 2.